The smallest absolute Gasteiger partial charge is 0.421 e. The normalized spacial score (nSPS) is 10.7. The molecule has 5 amide bonds. The predicted molar refractivity (Wildman–Crippen MR) is 175 cm³/mol. The number of anilines is 3. The highest BCUT2D eigenvalue weighted by Gasteiger charge is 2.23. The number of pyridine rings is 1. The maximum Gasteiger partial charge on any atom is 0.421 e. The highest BCUT2D eigenvalue weighted by atomic mass is 79.9. The second-order valence-electron chi connectivity index (χ2n) is 9.57. The lowest BCUT2D eigenvalue weighted by Gasteiger charge is -2.21. The number of carbonyl (C=O) groups is 4. The molecule has 2 N–H and O–H groups in total. The van der Waals surface area contributed by atoms with Gasteiger partial charge < -0.3 is 25.0 Å². The van der Waals surface area contributed by atoms with Gasteiger partial charge in [-0.1, -0.05) is 29.3 Å². The lowest BCUT2D eigenvalue weighted by molar-refractivity contribution is -0.117. The number of hydrogen-bond acceptors (Lipinski definition) is 7. The molecule has 15 heteroatoms. The van der Waals surface area contributed by atoms with Crippen molar-refractivity contribution in [2.75, 3.05) is 35.3 Å². The Kier molecular flexibility index (Phi) is 10.9. The largest absolute Gasteiger partial charge is 0.485 e. The van der Waals surface area contributed by atoms with Crippen LogP contribution in [-0.2, 0) is 20.9 Å². The van der Waals surface area contributed by atoms with E-state index >= 15 is 0 Å². The number of nitrogens with zero attached hydrogens (tertiary/aromatic N) is 4. The molecular formula is C30H29BrCl2N6O6. The second-order valence-corrected chi connectivity index (χ2v) is 11.1. The van der Waals surface area contributed by atoms with Crippen molar-refractivity contribution in [2.45, 2.75) is 27.4 Å². The molecule has 45 heavy (non-hydrogen) atoms. The number of hydrogen-bond donors (Lipinski definition) is 2. The molecule has 0 radical (unpaired) electrons. The van der Waals surface area contributed by atoms with Gasteiger partial charge in [-0.15, -0.1) is 0 Å². The van der Waals surface area contributed by atoms with E-state index in [4.69, 9.17) is 32.7 Å². The molecular weight excluding hydrogens is 691 g/mol. The Morgan fingerprint density at radius 1 is 1.09 bits per heavy atom. The Balaban J connectivity index is 1.40. The van der Waals surface area contributed by atoms with Gasteiger partial charge in [0.25, 0.3) is 0 Å². The van der Waals surface area contributed by atoms with E-state index in [9.17, 15) is 19.2 Å². The highest BCUT2D eigenvalue weighted by molar-refractivity contribution is 9.10. The SMILES string of the molecule is CCOC(=O)N(C(C)=O)c1cccc(NC(=O)NCC(=O)N(C)c2ccc(Cl)c(COc3cccn4c(Br)c(C)nc34)c2Cl)c1. The summed E-state index contributed by atoms with van der Waals surface area (Å²) in [4.78, 5) is 56.5. The van der Waals surface area contributed by atoms with Crippen LogP contribution in [0.4, 0.5) is 26.7 Å². The van der Waals surface area contributed by atoms with E-state index in [1.54, 1.807) is 37.3 Å². The number of nitrogens with one attached hydrogen (secondary N) is 2. The van der Waals surface area contributed by atoms with Crippen LogP contribution in [0, 0.1) is 6.92 Å². The number of amides is 5. The second kappa shape index (κ2) is 14.6. The van der Waals surface area contributed by atoms with Crippen molar-refractivity contribution in [2.24, 2.45) is 0 Å². The van der Waals surface area contributed by atoms with Crippen LogP contribution in [0.15, 0.2) is 59.3 Å². The summed E-state index contributed by atoms with van der Waals surface area (Å²) in [5.74, 6) is -0.510. The van der Waals surface area contributed by atoms with Crippen LogP contribution in [0.2, 0.25) is 10.0 Å². The molecule has 236 valence electrons. The van der Waals surface area contributed by atoms with E-state index in [1.807, 2.05) is 23.6 Å². The van der Waals surface area contributed by atoms with Gasteiger partial charge in [0.2, 0.25) is 11.8 Å². The molecule has 4 aromatic rings. The number of carbonyl (C=O) groups excluding carboxylic acids is 4. The van der Waals surface area contributed by atoms with Crippen molar-refractivity contribution in [3.63, 3.8) is 0 Å². The van der Waals surface area contributed by atoms with E-state index in [2.05, 4.69) is 31.5 Å². The third-order valence-electron chi connectivity index (χ3n) is 6.52. The zero-order valence-electron chi connectivity index (χ0n) is 24.7. The first-order valence-corrected chi connectivity index (χ1v) is 15.1. The van der Waals surface area contributed by atoms with Crippen LogP contribution >= 0.6 is 39.1 Å². The molecule has 0 bridgehead atoms. The van der Waals surface area contributed by atoms with Crippen LogP contribution in [0.1, 0.15) is 25.1 Å². The minimum atomic E-state index is -0.838. The number of aryl methyl sites for hydroxylation is 1. The number of ether oxygens (including phenoxy) is 2. The van der Waals surface area contributed by atoms with Crippen molar-refractivity contribution in [3.8, 4) is 5.75 Å². The van der Waals surface area contributed by atoms with Gasteiger partial charge in [-0.25, -0.2) is 19.5 Å². The van der Waals surface area contributed by atoms with Crippen LogP contribution in [0.5, 0.6) is 5.75 Å². The van der Waals surface area contributed by atoms with E-state index in [-0.39, 0.29) is 36.2 Å². The van der Waals surface area contributed by atoms with Gasteiger partial charge in [-0.2, -0.15) is 0 Å². The van der Waals surface area contributed by atoms with E-state index < -0.39 is 23.9 Å². The van der Waals surface area contributed by atoms with E-state index in [0.29, 0.717) is 27.7 Å². The Morgan fingerprint density at radius 2 is 1.84 bits per heavy atom. The van der Waals surface area contributed by atoms with Crippen molar-refractivity contribution in [1.29, 1.82) is 0 Å². The lowest BCUT2D eigenvalue weighted by Crippen LogP contribution is -2.40. The fourth-order valence-electron chi connectivity index (χ4n) is 4.28. The Hall–Kier alpha value is -4.33. The number of halogens is 3. The molecule has 0 fully saturated rings. The van der Waals surface area contributed by atoms with Crippen LogP contribution < -0.4 is 25.2 Å². The molecule has 0 atom stereocenters. The number of imide groups is 1. The summed E-state index contributed by atoms with van der Waals surface area (Å²) in [6.07, 6.45) is 1.02. The van der Waals surface area contributed by atoms with Gasteiger partial charge >= 0.3 is 12.1 Å². The molecule has 0 saturated heterocycles. The standard InChI is InChI=1S/C30H29BrCl2N6O6/c1-5-44-30(43)39(18(3)40)20-9-6-8-19(14-20)36-29(42)34-15-25(41)37(4)23-12-11-22(32)21(26(23)33)16-45-24-10-7-13-38-27(31)17(2)35-28(24)38/h6-14H,5,15-16H2,1-4H3,(H2,34,36,42). The molecule has 2 aromatic carbocycles. The van der Waals surface area contributed by atoms with Crippen LogP contribution in [0.3, 0.4) is 0 Å². The third kappa shape index (κ3) is 7.67. The minimum Gasteiger partial charge on any atom is -0.485 e. The number of urea groups is 1. The summed E-state index contributed by atoms with van der Waals surface area (Å²) < 4.78 is 13.6. The zero-order chi connectivity index (χ0) is 32.8. The van der Waals surface area contributed by atoms with Gasteiger partial charge in [0.1, 0.15) is 11.2 Å². The number of rotatable bonds is 9. The molecule has 0 aliphatic carbocycles. The van der Waals surface area contributed by atoms with E-state index in [0.717, 1.165) is 15.2 Å². The maximum absolute atomic E-state index is 13.0. The zero-order valence-corrected chi connectivity index (χ0v) is 27.8. The van der Waals surface area contributed by atoms with Gasteiger partial charge in [-0.3, -0.25) is 14.0 Å². The van der Waals surface area contributed by atoms with Crippen molar-refractivity contribution < 1.29 is 28.7 Å². The fraction of sp³-hybridized carbons (Fsp3) is 0.233. The number of imidazole rings is 1. The third-order valence-corrected chi connectivity index (χ3v) is 8.25. The first-order chi connectivity index (χ1) is 21.4. The Labute approximate surface area is 277 Å². The van der Waals surface area contributed by atoms with Gasteiger partial charge in [0, 0.05) is 36.4 Å². The fourth-order valence-corrected chi connectivity index (χ4v) is 5.26. The highest BCUT2D eigenvalue weighted by Crippen LogP contribution is 2.35. The number of benzene rings is 2. The average molecular weight is 720 g/mol. The molecule has 4 rings (SSSR count). The lowest BCUT2D eigenvalue weighted by atomic mass is 10.2. The monoisotopic (exact) mass is 718 g/mol. The topological polar surface area (TPSA) is 135 Å². The molecule has 2 heterocycles. The number of fused-ring (bicyclic) bond motifs is 1. The molecule has 0 saturated carbocycles. The number of aromatic nitrogens is 2. The first-order valence-electron chi connectivity index (χ1n) is 13.5. The van der Waals surface area contributed by atoms with Crippen LogP contribution in [0.25, 0.3) is 5.65 Å². The van der Waals surface area contributed by atoms with Crippen molar-refractivity contribution in [3.05, 3.63) is 80.6 Å². The molecule has 0 aliphatic rings. The summed E-state index contributed by atoms with van der Waals surface area (Å²) in [6, 6.07) is 12.2. The van der Waals surface area contributed by atoms with Gasteiger partial charge in [-0.05, 0) is 72.2 Å². The van der Waals surface area contributed by atoms with Gasteiger partial charge in [0.15, 0.2) is 11.4 Å². The Bertz CT molecular complexity index is 1780. The molecule has 2 aromatic heterocycles. The first kappa shape index (κ1) is 33.6. The van der Waals surface area contributed by atoms with Crippen molar-refractivity contribution in [1.82, 2.24) is 14.7 Å². The molecule has 12 nitrogen and oxygen atoms in total. The van der Waals surface area contributed by atoms with Crippen molar-refractivity contribution >= 4 is 85.8 Å². The quantitative estimate of drug-likeness (QED) is 0.200. The minimum absolute atomic E-state index is 0.00762. The summed E-state index contributed by atoms with van der Waals surface area (Å²) in [5, 5.41) is 5.63. The molecule has 0 unspecified atom stereocenters. The van der Waals surface area contributed by atoms with Gasteiger partial charge in [0.05, 0.1) is 35.2 Å². The summed E-state index contributed by atoms with van der Waals surface area (Å²) in [5.41, 5.74) is 2.72. The summed E-state index contributed by atoms with van der Waals surface area (Å²) in [7, 11) is 1.52. The molecule has 0 spiro atoms. The summed E-state index contributed by atoms with van der Waals surface area (Å²) >= 11 is 16.7. The van der Waals surface area contributed by atoms with E-state index in [1.165, 1.54) is 31.0 Å². The van der Waals surface area contributed by atoms with Crippen LogP contribution in [-0.4, -0.2) is 53.5 Å². The Morgan fingerprint density at radius 3 is 2.56 bits per heavy atom. The predicted octanol–water partition coefficient (Wildman–Crippen LogP) is 6.58. The number of likely N-dealkylation sites (N-methyl/N-ethyl adjacent to an activating group) is 1. The maximum atomic E-state index is 13.0. The average Bonchev–Trinajstić information content (AvgIpc) is 3.29. The summed E-state index contributed by atoms with van der Waals surface area (Å²) in [6.45, 7) is 4.44. The molecule has 0 aliphatic heterocycles.